The Morgan fingerprint density at radius 1 is 0.917 bits per heavy atom. The van der Waals surface area contributed by atoms with Gasteiger partial charge >= 0.3 is 0 Å². The van der Waals surface area contributed by atoms with Crippen LogP contribution in [0.1, 0.15) is 29.3 Å². The molecule has 2 amide bonds. The number of carbonyl (C=O) groups excluding carboxylic acids is 2. The zero-order valence-corrected chi connectivity index (χ0v) is 21.1. The van der Waals surface area contributed by atoms with Crippen LogP contribution in [0.4, 0.5) is 11.4 Å². The number of rotatable bonds is 7. The maximum absolute atomic E-state index is 12.7. The van der Waals surface area contributed by atoms with Gasteiger partial charge in [-0.15, -0.1) is 0 Å². The fourth-order valence-corrected chi connectivity index (χ4v) is 4.21. The minimum absolute atomic E-state index is 0.205. The monoisotopic (exact) mass is 502 g/mol. The van der Waals surface area contributed by atoms with Crippen molar-refractivity contribution in [2.45, 2.75) is 20.0 Å². The van der Waals surface area contributed by atoms with Crippen LogP contribution in [-0.4, -0.2) is 48.0 Å². The van der Waals surface area contributed by atoms with Crippen LogP contribution in [0.2, 0.25) is 0 Å². The second-order valence-corrected chi connectivity index (χ2v) is 8.89. The largest absolute Gasteiger partial charge is 0.489 e. The molecular weight excluding hydrogens is 472 g/mol. The fourth-order valence-electron chi connectivity index (χ4n) is 4.00. The summed E-state index contributed by atoms with van der Waals surface area (Å²) in [5, 5.41) is 6.00. The fraction of sp³-hybridized carbons (Fsp3) is 0.250. The summed E-state index contributed by atoms with van der Waals surface area (Å²) in [6, 6.07) is 24.7. The van der Waals surface area contributed by atoms with Crippen molar-refractivity contribution in [1.29, 1.82) is 0 Å². The van der Waals surface area contributed by atoms with Crippen LogP contribution in [0.15, 0.2) is 78.9 Å². The van der Waals surface area contributed by atoms with E-state index in [1.165, 1.54) is 0 Å². The van der Waals surface area contributed by atoms with Crippen LogP contribution < -0.4 is 20.3 Å². The van der Waals surface area contributed by atoms with Crippen molar-refractivity contribution in [1.82, 2.24) is 10.2 Å². The van der Waals surface area contributed by atoms with Gasteiger partial charge in [-0.1, -0.05) is 43.3 Å². The zero-order valence-electron chi connectivity index (χ0n) is 20.3. The molecule has 36 heavy (non-hydrogen) atoms. The third-order valence-corrected chi connectivity index (χ3v) is 6.20. The first-order valence-electron chi connectivity index (χ1n) is 12.0. The van der Waals surface area contributed by atoms with Gasteiger partial charge in [0, 0.05) is 49.5 Å². The molecule has 8 heteroatoms. The van der Waals surface area contributed by atoms with Crippen LogP contribution >= 0.6 is 12.2 Å². The minimum atomic E-state index is -0.311. The highest BCUT2D eigenvalue weighted by molar-refractivity contribution is 7.80. The van der Waals surface area contributed by atoms with Crippen molar-refractivity contribution in [2.75, 3.05) is 36.4 Å². The lowest BCUT2D eigenvalue weighted by Crippen LogP contribution is -2.48. The lowest BCUT2D eigenvalue weighted by Gasteiger charge is -2.36. The van der Waals surface area contributed by atoms with Gasteiger partial charge in [-0.05, 0) is 60.2 Å². The van der Waals surface area contributed by atoms with Crippen molar-refractivity contribution in [2.24, 2.45) is 0 Å². The normalized spacial score (nSPS) is 13.1. The molecule has 3 aromatic rings. The molecule has 0 atom stereocenters. The number of piperazine rings is 1. The summed E-state index contributed by atoms with van der Waals surface area (Å²) in [4.78, 5) is 28.7. The molecule has 0 bridgehead atoms. The molecule has 4 rings (SSSR count). The summed E-state index contributed by atoms with van der Waals surface area (Å²) in [5.74, 6) is 0.505. The number of hydrogen-bond acceptors (Lipinski definition) is 5. The third-order valence-electron chi connectivity index (χ3n) is 6.00. The standard InChI is InChI=1S/C28H30N4O3S/c1-2-26(33)32-17-15-31(16-18-32)24-13-11-23(12-14-24)29-28(36)30-27(34)22-9-6-10-25(19-22)35-20-21-7-4-3-5-8-21/h3-14,19H,2,15-18,20H2,1H3,(H2,29,30,34,36). The second-order valence-electron chi connectivity index (χ2n) is 8.48. The average Bonchev–Trinajstić information content (AvgIpc) is 2.92. The summed E-state index contributed by atoms with van der Waals surface area (Å²) in [5.41, 5.74) is 3.38. The van der Waals surface area contributed by atoms with E-state index in [1.54, 1.807) is 18.2 Å². The minimum Gasteiger partial charge on any atom is -0.489 e. The predicted molar refractivity (Wildman–Crippen MR) is 146 cm³/mol. The Hall–Kier alpha value is -3.91. The Bertz CT molecular complexity index is 1190. The van der Waals surface area contributed by atoms with Crippen molar-refractivity contribution in [3.05, 3.63) is 90.0 Å². The molecule has 7 nitrogen and oxygen atoms in total. The zero-order chi connectivity index (χ0) is 25.3. The lowest BCUT2D eigenvalue weighted by atomic mass is 10.2. The first-order valence-corrected chi connectivity index (χ1v) is 12.4. The number of amides is 2. The van der Waals surface area contributed by atoms with Gasteiger partial charge < -0.3 is 19.9 Å². The molecule has 0 aliphatic carbocycles. The maximum Gasteiger partial charge on any atom is 0.257 e. The molecule has 0 radical (unpaired) electrons. The van der Waals surface area contributed by atoms with Crippen molar-refractivity contribution >= 4 is 40.5 Å². The van der Waals surface area contributed by atoms with Gasteiger partial charge in [0.25, 0.3) is 5.91 Å². The SMILES string of the molecule is CCC(=O)N1CCN(c2ccc(NC(=S)NC(=O)c3cccc(OCc4ccccc4)c3)cc2)CC1. The molecule has 186 valence electrons. The van der Waals surface area contributed by atoms with Crippen LogP contribution in [0, 0.1) is 0 Å². The molecule has 1 heterocycles. The summed E-state index contributed by atoms with van der Waals surface area (Å²) < 4.78 is 5.82. The Morgan fingerprint density at radius 2 is 1.64 bits per heavy atom. The molecule has 0 unspecified atom stereocenters. The highest BCUT2D eigenvalue weighted by atomic mass is 32.1. The summed E-state index contributed by atoms with van der Waals surface area (Å²) in [6.07, 6.45) is 0.546. The number of thiocarbonyl (C=S) groups is 1. The van der Waals surface area contributed by atoms with E-state index < -0.39 is 0 Å². The van der Waals surface area contributed by atoms with E-state index >= 15 is 0 Å². The van der Waals surface area contributed by atoms with Gasteiger partial charge in [0.05, 0.1) is 0 Å². The van der Waals surface area contributed by atoms with Gasteiger partial charge in [0.15, 0.2) is 5.11 Å². The van der Waals surface area contributed by atoms with Crippen LogP contribution in [0.25, 0.3) is 0 Å². The Balaban J connectivity index is 1.26. The van der Waals surface area contributed by atoms with Gasteiger partial charge in [0.2, 0.25) is 5.91 Å². The number of hydrogen-bond donors (Lipinski definition) is 2. The van der Waals surface area contributed by atoms with Crippen molar-refractivity contribution in [3.8, 4) is 5.75 Å². The molecule has 0 spiro atoms. The van der Waals surface area contributed by atoms with E-state index in [-0.39, 0.29) is 16.9 Å². The molecule has 1 aliphatic rings. The first kappa shape index (κ1) is 25.2. The highest BCUT2D eigenvalue weighted by Crippen LogP contribution is 2.20. The molecule has 1 saturated heterocycles. The van der Waals surface area contributed by atoms with Gasteiger partial charge in [0.1, 0.15) is 12.4 Å². The number of ether oxygens (including phenoxy) is 1. The third kappa shape index (κ3) is 6.82. The Kier molecular flexibility index (Phi) is 8.52. The maximum atomic E-state index is 12.7. The first-order chi connectivity index (χ1) is 17.5. The number of anilines is 2. The van der Waals surface area contributed by atoms with E-state index in [0.717, 1.165) is 43.1 Å². The van der Waals surface area contributed by atoms with Gasteiger partial charge in [-0.2, -0.15) is 0 Å². The number of nitrogens with zero attached hydrogens (tertiary/aromatic N) is 2. The average molecular weight is 503 g/mol. The summed E-state index contributed by atoms with van der Waals surface area (Å²) in [6.45, 7) is 5.41. The smallest absolute Gasteiger partial charge is 0.257 e. The van der Waals surface area contributed by atoms with Gasteiger partial charge in [-0.25, -0.2) is 0 Å². The summed E-state index contributed by atoms with van der Waals surface area (Å²) >= 11 is 5.34. The molecule has 0 aromatic heterocycles. The topological polar surface area (TPSA) is 73.9 Å². The molecule has 1 fully saturated rings. The Morgan fingerprint density at radius 3 is 2.33 bits per heavy atom. The molecular formula is C28H30N4O3S. The van der Waals surface area contributed by atoms with E-state index in [9.17, 15) is 9.59 Å². The molecule has 1 aliphatic heterocycles. The highest BCUT2D eigenvalue weighted by Gasteiger charge is 2.20. The van der Waals surface area contributed by atoms with Crippen LogP contribution in [0.5, 0.6) is 5.75 Å². The Labute approximate surface area is 217 Å². The molecule has 2 N–H and O–H groups in total. The van der Waals surface area contributed by atoms with Crippen molar-refractivity contribution < 1.29 is 14.3 Å². The van der Waals surface area contributed by atoms with Crippen LogP contribution in [0.3, 0.4) is 0 Å². The second kappa shape index (κ2) is 12.2. The van der Waals surface area contributed by atoms with E-state index in [4.69, 9.17) is 17.0 Å². The van der Waals surface area contributed by atoms with Gasteiger partial charge in [-0.3, -0.25) is 14.9 Å². The van der Waals surface area contributed by atoms with E-state index in [1.807, 2.05) is 72.5 Å². The van der Waals surface area contributed by atoms with Crippen LogP contribution in [-0.2, 0) is 11.4 Å². The predicted octanol–water partition coefficient (Wildman–Crippen LogP) is 4.45. The van der Waals surface area contributed by atoms with Crippen molar-refractivity contribution in [3.63, 3.8) is 0 Å². The quantitative estimate of drug-likeness (QED) is 0.465. The number of benzene rings is 3. The molecule has 3 aromatic carbocycles. The van der Waals surface area contributed by atoms with E-state index in [2.05, 4.69) is 15.5 Å². The molecule has 0 saturated carbocycles. The summed E-state index contributed by atoms with van der Waals surface area (Å²) in [7, 11) is 0. The van der Waals surface area contributed by atoms with E-state index in [0.29, 0.717) is 24.3 Å². The number of nitrogens with one attached hydrogen (secondary N) is 2. The number of carbonyl (C=O) groups is 2. The lowest BCUT2D eigenvalue weighted by molar-refractivity contribution is -0.131.